The van der Waals surface area contributed by atoms with Crippen molar-refractivity contribution in [3.63, 3.8) is 0 Å². The summed E-state index contributed by atoms with van der Waals surface area (Å²) in [6, 6.07) is 13.5. The van der Waals surface area contributed by atoms with Gasteiger partial charge in [-0.05, 0) is 49.6 Å². The number of Topliss-reactive ketones (excluding diaryl/α,β-unsaturated/α-hetero) is 1. The van der Waals surface area contributed by atoms with Gasteiger partial charge >= 0.3 is 0 Å². The van der Waals surface area contributed by atoms with Crippen LogP contribution < -0.4 is 0 Å². The molecule has 0 aliphatic heterocycles. The average Bonchev–Trinajstić information content (AvgIpc) is 2.99. The highest BCUT2D eigenvalue weighted by Crippen LogP contribution is 2.25. The minimum Gasteiger partial charge on any atom is -0.441 e. The molecule has 0 spiro atoms. The van der Waals surface area contributed by atoms with Gasteiger partial charge in [0.05, 0.1) is 11.4 Å². The second kappa shape index (κ2) is 8.69. The third-order valence-electron chi connectivity index (χ3n) is 4.59. The van der Waals surface area contributed by atoms with Crippen molar-refractivity contribution in [1.82, 2.24) is 4.98 Å². The van der Waals surface area contributed by atoms with Gasteiger partial charge in [-0.15, -0.1) is 0 Å². The van der Waals surface area contributed by atoms with Gasteiger partial charge in [-0.1, -0.05) is 30.3 Å². The van der Waals surface area contributed by atoms with Crippen LogP contribution in [0, 0.1) is 19.7 Å². The number of halogens is 1. The number of ketones is 1. The van der Waals surface area contributed by atoms with E-state index in [1.54, 1.807) is 19.1 Å². The highest BCUT2D eigenvalue weighted by Gasteiger charge is 2.22. The topological polar surface area (TPSA) is 77.2 Å². The van der Waals surface area contributed by atoms with E-state index < -0.39 is 21.4 Å². The lowest BCUT2D eigenvalue weighted by Crippen LogP contribution is -2.18. The van der Waals surface area contributed by atoms with E-state index in [0.717, 1.165) is 11.1 Å². The molecule has 0 unspecified atom stereocenters. The normalized spacial score (nSPS) is 11.6. The van der Waals surface area contributed by atoms with E-state index in [0.29, 0.717) is 29.3 Å². The number of sulfone groups is 1. The minimum atomic E-state index is -3.69. The number of aryl methyl sites for hydroxylation is 3. The summed E-state index contributed by atoms with van der Waals surface area (Å²) in [5, 5.41) is 0. The van der Waals surface area contributed by atoms with E-state index in [1.165, 1.54) is 12.1 Å². The van der Waals surface area contributed by atoms with Crippen LogP contribution in [0.15, 0.2) is 52.9 Å². The molecule has 3 aromatic rings. The Balaban J connectivity index is 1.65. The van der Waals surface area contributed by atoms with Crippen molar-refractivity contribution in [2.45, 2.75) is 32.4 Å². The standard InChI is InChI=1S/C22H22FNO4S/c1-15-6-3-4-9-20(15)22-24-21(16(2)28-22)14-29(26,27)13-19(25)11-10-17-7-5-8-18(23)12-17/h3-9,12H,10-11,13-14H2,1-2H3. The van der Waals surface area contributed by atoms with E-state index >= 15 is 0 Å². The van der Waals surface area contributed by atoms with Crippen LogP contribution in [-0.4, -0.2) is 24.9 Å². The maximum Gasteiger partial charge on any atom is 0.226 e. The number of benzene rings is 2. The van der Waals surface area contributed by atoms with Crippen molar-refractivity contribution in [1.29, 1.82) is 0 Å². The first-order chi connectivity index (χ1) is 13.7. The fraction of sp³-hybridized carbons (Fsp3) is 0.273. The van der Waals surface area contributed by atoms with E-state index in [1.807, 2.05) is 31.2 Å². The molecule has 0 fully saturated rings. The number of aromatic nitrogens is 1. The number of hydrogen-bond acceptors (Lipinski definition) is 5. The highest BCUT2D eigenvalue weighted by atomic mass is 32.2. The maximum atomic E-state index is 13.2. The predicted molar refractivity (Wildman–Crippen MR) is 109 cm³/mol. The van der Waals surface area contributed by atoms with Crippen molar-refractivity contribution < 1.29 is 22.0 Å². The Kier molecular flexibility index (Phi) is 6.27. The zero-order valence-corrected chi connectivity index (χ0v) is 17.1. The van der Waals surface area contributed by atoms with Crippen LogP contribution >= 0.6 is 0 Å². The first-order valence-corrected chi connectivity index (χ1v) is 11.0. The summed E-state index contributed by atoms with van der Waals surface area (Å²) in [7, 11) is -3.69. The Morgan fingerprint density at radius 1 is 1.10 bits per heavy atom. The number of hydrogen-bond donors (Lipinski definition) is 0. The molecular weight excluding hydrogens is 393 g/mol. The zero-order valence-electron chi connectivity index (χ0n) is 16.3. The first kappa shape index (κ1) is 20.9. The molecule has 0 N–H and O–H groups in total. The van der Waals surface area contributed by atoms with Gasteiger partial charge in [0, 0.05) is 12.0 Å². The predicted octanol–water partition coefficient (Wildman–Crippen LogP) is 4.21. The van der Waals surface area contributed by atoms with Crippen molar-refractivity contribution in [3.8, 4) is 11.5 Å². The summed E-state index contributed by atoms with van der Waals surface area (Å²) in [4.78, 5) is 16.5. The average molecular weight is 415 g/mol. The molecule has 1 heterocycles. The molecular formula is C22H22FNO4S. The van der Waals surface area contributed by atoms with Crippen LogP contribution in [0.3, 0.4) is 0 Å². The molecule has 2 aromatic carbocycles. The number of carbonyl (C=O) groups is 1. The smallest absolute Gasteiger partial charge is 0.226 e. The van der Waals surface area contributed by atoms with Crippen LogP contribution in [0.2, 0.25) is 0 Å². The van der Waals surface area contributed by atoms with Crippen molar-refractivity contribution in [3.05, 3.63) is 76.9 Å². The Bertz CT molecular complexity index is 1140. The Morgan fingerprint density at radius 2 is 1.86 bits per heavy atom. The van der Waals surface area contributed by atoms with Crippen LogP contribution in [0.1, 0.15) is 29.0 Å². The van der Waals surface area contributed by atoms with Gasteiger partial charge < -0.3 is 4.42 Å². The van der Waals surface area contributed by atoms with Crippen LogP contribution in [-0.2, 0) is 26.8 Å². The zero-order chi connectivity index (χ0) is 21.0. The van der Waals surface area contributed by atoms with Crippen molar-refractivity contribution >= 4 is 15.6 Å². The summed E-state index contributed by atoms with van der Waals surface area (Å²) >= 11 is 0. The second-order valence-electron chi connectivity index (χ2n) is 7.04. The lowest BCUT2D eigenvalue weighted by atomic mass is 10.1. The molecule has 29 heavy (non-hydrogen) atoms. The summed E-state index contributed by atoms with van der Waals surface area (Å²) in [5.41, 5.74) is 2.73. The number of nitrogens with zero attached hydrogens (tertiary/aromatic N) is 1. The lowest BCUT2D eigenvalue weighted by molar-refractivity contribution is -0.116. The van der Waals surface area contributed by atoms with Crippen molar-refractivity contribution in [2.24, 2.45) is 0 Å². The van der Waals surface area contributed by atoms with E-state index in [4.69, 9.17) is 4.42 Å². The van der Waals surface area contributed by atoms with Crippen molar-refractivity contribution in [2.75, 3.05) is 5.75 Å². The van der Waals surface area contributed by atoms with E-state index in [9.17, 15) is 17.6 Å². The van der Waals surface area contributed by atoms with Crippen LogP contribution in [0.25, 0.3) is 11.5 Å². The Labute approximate surface area is 169 Å². The number of rotatable bonds is 8. The first-order valence-electron chi connectivity index (χ1n) is 9.22. The summed E-state index contributed by atoms with van der Waals surface area (Å²) in [6.07, 6.45) is 0.335. The largest absolute Gasteiger partial charge is 0.441 e. The molecule has 0 aliphatic rings. The molecule has 7 heteroatoms. The van der Waals surface area contributed by atoms with Gasteiger partial charge in [-0.2, -0.15) is 0 Å². The molecule has 0 saturated carbocycles. The third-order valence-corrected chi connectivity index (χ3v) is 6.06. The van der Waals surface area contributed by atoms with Gasteiger partial charge in [0.25, 0.3) is 0 Å². The third kappa shape index (κ3) is 5.60. The summed E-state index contributed by atoms with van der Waals surface area (Å²) < 4.78 is 43.8. The monoisotopic (exact) mass is 415 g/mol. The van der Waals surface area contributed by atoms with Gasteiger partial charge in [0.15, 0.2) is 9.84 Å². The molecule has 5 nitrogen and oxygen atoms in total. The molecule has 0 bridgehead atoms. The molecule has 0 atom stereocenters. The summed E-state index contributed by atoms with van der Waals surface area (Å²) in [5.74, 6) is -0.945. The van der Waals surface area contributed by atoms with Gasteiger partial charge in [0.2, 0.25) is 5.89 Å². The van der Waals surface area contributed by atoms with Gasteiger partial charge in [-0.3, -0.25) is 4.79 Å². The Hall–Kier alpha value is -2.80. The summed E-state index contributed by atoms with van der Waals surface area (Å²) in [6.45, 7) is 3.58. The van der Waals surface area contributed by atoms with Gasteiger partial charge in [0.1, 0.15) is 23.1 Å². The molecule has 152 valence electrons. The van der Waals surface area contributed by atoms with Crippen LogP contribution in [0.5, 0.6) is 0 Å². The lowest BCUT2D eigenvalue weighted by Gasteiger charge is -2.04. The number of oxazole rings is 1. The van der Waals surface area contributed by atoms with E-state index in [2.05, 4.69) is 4.98 Å². The fourth-order valence-electron chi connectivity index (χ4n) is 3.04. The molecule has 0 saturated heterocycles. The SMILES string of the molecule is Cc1ccccc1-c1nc(CS(=O)(=O)CC(=O)CCc2cccc(F)c2)c(C)o1. The molecule has 0 radical (unpaired) electrons. The van der Waals surface area contributed by atoms with Gasteiger partial charge in [-0.25, -0.2) is 17.8 Å². The van der Waals surface area contributed by atoms with Crippen LogP contribution in [0.4, 0.5) is 4.39 Å². The Morgan fingerprint density at radius 3 is 2.59 bits per heavy atom. The minimum absolute atomic E-state index is 0.0366. The quantitative estimate of drug-likeness (QED) is 0.551. The van der Waals surface area contributed by atoms with E-state index in [-0.39, 0.29) is 18.0 Å². The molecule has 3 rings (SSSR count). The highest BCUT2D eigenvalue weighted by molar-refractivity contribution is 7.91. The molecule has 0 amide bonds. The molecule has 0 aliphatic carbocycles. The second-order valence-corrected chi connectivity index (χ2v) is 9.10. The molecule has 1 aromatic heterocycles. The fourth-order valence-corrected chi connectivity index (χ4v) is 4.46. The number of carbonyl (C=O) groups excluding carboxylic acids is 1. The maximum absolute atomic E-state index is 13.2.